The topological polar surface area (TPSA) is 94.3 Å². The summed E-state index contributed by atoms with van der Waals surface area (Å²) in [7, 11) is 2.61. The summed E-state index contributed by atoms with van der Waals surface area (Å²) in [5, 5.41) is 0.871. The van der Waals surface area contributed by atoms with Crippen LogP contribution in [0.25, 0.3) is 0 Å². The fourth-order valence-corrected chi connectivity index (χ4v) is 7.11. The molecule has 1 atom stereocenters. The normalized spacial score (nSPS) is 19.7. The van der Waals surface area contributed by atoms with Crippen molar-refractivity contribution in [2.45, 2.75) is 43.1 Å². The molecular weight excluding hydrogens is 639 g/mol. The van der Waals surface area contributed by atoms with E-state index in [1.165, 1.54) is 26.4 Å². The van der Waals surface area contributed by atoms with Gasteiger partial charge in [-0.05, 0) is 80.7 Å². The first-order chi connectivity index (χ1) is 22.0. The van der Waals surface area contributed by atoms with Crippen molar-refractivity contribution in [3.05, 3.63) is 87.4 Å². The molecule has 0 saturated carbocycles. The van der Waals surface area contributed by atoms with Crippen LogP contribution in [-0.4, -0.2) is 75.2 Å². The molecule has 46 heavy (non-hydrogen) atoms. The minimum absolute atomic E-state index is 0.0365. The van der Waals surface area contributed by atoms with E-state index in [1.54, 1.807) is 11.0 Å². The number of methoxy groups -OCH3 is 2. The fraction of sp³-hybridized carbons (Fsp3) is 0.412. The summed E-state index contributed by atoms with van der Waals surface area (Å²) < 4.78 is 41.3. The summed E-state index contributed by atoms with van der Waals surface area (Å²) in [5.41, 5.74) is 6.96. The second-order valence-electron chi connectivity index (χ2n) is 11.9. The third kappa shape index (κ3) is 6.75. The maximum Gasteiger partial charge on any atom is 0.387 e. The second kappa shape index (κ2) is 14.0. The molecule has 1 unspecified atom stereocenters. The van der Waals surface area contributed by atoms with Gasteiger partial charge < -0.3 is 29.7 Å². The van der Waals surface area contributed by atoms with Gasteiger partial charge in [-0.1, -0.05) is 59.6 Å². The Hall–Kier alpha value is -3.60. The van der Waals surface area contributed by atoms with Crippen molar-refractivity contribution in [1.29, 1.82) is 0 Å². The Labute approximate surface area is 277 Å². The summed E-state index contributed by atoms with van der Waals surface area (Å²) in [6.45, 7) is -0.118. The van der Waals surface area contributed by atoms with Crippen LogP contribution in [0.2, 0.25) is 10.0 Å². The number of alkyl halides is 2. The molecule has 0 aromatic heterocycles. The predicted molar refractivity (Wildman–Crippen MR) is 172 cm³/mol. The van der Waals surface area contributed by atoms with Gasteiger partial charge >= 0.3 is 6.61 Å². The minimum atomic E-state index is -3.10. The summed E-state index contributed by atoms with van der Waals surface area (Å²) in [5.74, 6) is -0.958. The molecule has 3 aromatic rings. The monoisotopic (exact) mass is 675 g/mol. The van der Waals surface area contributed by atoms with E-state index in [-0.39, 0.29) is 34.6 Å². The zero-order chi connectivity index (χ0) is 33.1. The van der Waals surface area contributed by atoms with E-state index in [0.29, 0.717) is 55.5 Å². The van der Waals surface area contributed by atoms with Crippen LogP contribution in [0.1, 0.15) is 47.2 Å². The quantitative estimate of drug-likeness (QED) is 0.256. The number of primary amides is 1. The molecule has 0 radical (unpaired) electrons. The first-order valence-corrected chi connectivity index (χ1v) is 15.8. The number of hydrogen-bond acceptors (Lipinski definition) is 6. The van der Waals surface area contributed by atoms with Crippen molar-refractivity contribution in [2.24, 2.45) is 5.73 Å². The Bertz CT molecular complexity index is 1540. The van der Waals surface area contributed by atoms with E-state index in [1.807, 2.05) is 42.5 Å². The average molecular weight is 677 g/mol. The number of nitrogens with two attached hydrogens (primary N) is 1. The number of rotatable bonds is 11. The van der Waals surface area contributed by atoms with Crippen LogP contribution in [0.4, 0.5) is 8.78 Å². The number of carbonyl (C=O) groups excluding carboxylic acids is 2. The Morgan fingerprint density at radius 3 is 2.11 bits per heavy atom. The summed E-state index contributed by atoms with van der Waals surface area (Å²) in [6, 6.07) is 18.1. The molecule has 246 valence electrons. The highest BCUT2D eigenvalue weighted by Gasteiger charge is 2.44. The molecular formula is C34H37Cl2F2N3O5. The number of piperidine rings is 1. The van der Waals surface area contributed by atoms with Crippen molar-refractivity contribution in [3.63, 3.8) is 0 Å². The van der Waals surface area contributed by atoms with Gasteiger partial charge in [0.15, 0.2) is 11.5 Å². The van der Waals surface area contributed by atoms with Gasteiger partial charge in [-0.25, -0.2) is 0 Å². The predicted octanol–water partition coefficient (Wildman–Crippen LogP) is 6.31. The largest absolute Gasteiger partial charge is 0.493 e. The SMILES string of the molecule is COc1cc(C(=O)N2CCC(CCN3CCC(C(N)=O)(c4ccccc4)CC3)(c3ccc(Cl)c(Cl)c3)C2)cc(OC)c1OC(F)F. The maximum atomic E-state index is 13.9. The molecule has 2 N–H and O–H groups in total. The van der Waals surface area contributed by atoms with Gasteiger partial charge in [0, 0.05) is 24.1 Å². The molecule has 3 aromatic carbocycles. The Morgan fingerprint density at radius 1 is 0.891 bits per heavy atom. The standard InChI is InChI=1S/C34H37Cl2F2N3O5/c1-44-27-18-22(19-28(45-2)29(27)46-32(37)38)30(42)41-17-11-33(21-41,24-8-9-25(35)26(36)20-24)10-14-40-15-12-34(13-16-40,31(39)43)23-6-4-3-5-7-23/h3-9,18-20,32H,10-17,21H2,1-2H3,(H2,39,43). The van der Waals surface area contributed by atoms with E-state index in [0.717, 1.165) is 24.1 Å². The molecule has 2 saturated heterocycles. The molecule has 0 bridgehead atoms. The van der Waals surface area contributed by atoms with Gasteiger partial charge in [0.05, 0.1) is 29.7 Å². The smallest absolute Gasteiger partial charge is 0.387 e. The van der Waals surface area contributed by atoms with Crippen LogP contribution in [0.3, 0.4) is 0 Å². The minimum Gasteiger partial charge on any atom is -0.493 e. The van der Waals surface area contributed by atoms with Gasteiger partial charge in [-0.3, -0.25) is 9.59 Å². The van der Waals surface area contributed by atoms with Crippen molar-refractivity contribution in [1.82, 2.24) is 9.80 Å². The molecule has 2 aliphatic heterocycles. The molecule has 12 heteroatoms. The lowest BCUT2D eigenvalue weighted by atomic mass is 9.71. The zero-order valence-corrected chi connectivity index (χ0v) is 27.3. The van der Waals surface area contributed by atoms with E-state index >= 15 is 0 Å². The van der Waals surface area contributed by atoms with Crippen molar-refractivity contribution < 1.29 is 32.6 Å². The molecule has 2 fully saturated rings. The highest BCUT2D eigenvalue weighted by molar-refractivity contribution is 6.42. The van der Waals surface area contributed by atoms with Crippen molar-refractivity contribution in [2.75, 3.05) is 46.9 Å². The lowest BCUT2D eigenvalue weighted by Gasteiger charge is -2.41. The van der Waals surface area contributed by atoms with Crippen LogP contribution in [-0.2, 0) is 15.6 Å². The van der Waals surface area contributed by atoms with Crippen LogP contribution in [0.5, 0.6) is 17.2 Å². The van der Waals surface area contributed by atoms with E-state index in [4.69, 9.17) is 38.4 Å². The highest BCUT2D eigenvalue weighted by Crippen LogP contribution is 2.44. The summed E-state index contributed by atoms with van der Waals surface area (Å²) in [4.78, 5) is 30.6. The summed E-state index contributed by atoms with van der Waals surface area (Å²) >= 11 is 12.7. The molecule has 0 aliphatic carbocycles. The second-order valence-corrected chi connectivity index (χ2v) is 12.7. The molecule has 2 amide bonds. The maximum absolute atomic E-state index is 13.9. The van der Waals surface area contributed by atoms with Gasteiger partial charge in [0.2, 0.25) is 11.7 Å². The van der Waals surface area contributed by atoms with Crippen molar-refractivity contribution in [3.8, 4) is 17.2 Å². The fourth-order valence-electron chi connectivity index (χ4n) is 6.81. The Balaban J connectivity index is 1.36. The molecule has 2 aliphatic rings. The van der Waals surface area contributed by atoms with Crippen LogP contribution < -0.4 is 19.9 Å². The van der Waals surface area contributed by atoms with Gasteiger partial charge in [0.1, 0.15) is 0 Å². The van der Waals surface area contributed by atoms with Crippen LogP contribution >= 0.6 is 23.2 Å². The third-order valence-electron chi connectivity index (χ3n) is 9.50. The highest BCUT2D eigenvalue weighted by atomic mass is 35.5. The van der Waals surface area contributed by atoms with Crippen molar-refractivity contribution >= 4 is 35.0 Å². The first-order valence-electron chi connectivity index (χ1n) is 15.1. The number of nitrogens with zero attached hydrogens (tertiary/aromatic N) is 2. The first kappa shape index (κ1) is 33.8. The third-order valence-corrected chi connectivity index (χ3v) is 10.2. The number of likely N-dealkylation sites (tertiary alicyclic amines) is 2. The van der Waals surface area contributed by atoms with Crippen LogP contribution in [0, 0.1) is 0 Å². The number of benzene rings is 3. The lowest BCUT2D eigenvalue weighted by molar-refractivity contribution is -0.125. The zero-order valence-electron chi connectivity index (χ0n) is 25.7. The molecule has 5 rings (SSSR count). The van der Waals surface area contributed by atoms with Gasteiger partial charge in [-0.2, -0.15) is 8.78 Å². The Morgan fingerprint density at radius 2 is 1.54 bits per heavy atom. The van der Waals surface area contributed by atoms with Gasteiger partial charge in [-0.15, -0.1) is 0 Å². The van der Waals surface area contributed by atoms with E-state index < -0.39 is 17.4 Å². The molecule has 8 nitrogen and oxygen atoms in total. The van der Waals surface area contributed by atoms with E-state index in [9.17, 15) is 18.4 Å². The molecule has 2 heterocycles. The molecule has 0 spiro atoms. The summed E-state index contributed by atoms with van der Waals surface area (Å²) in [6.07, 6.45) is 2.62. The van der Waals surface area contributed by atoms with E-state index in [2.05, 4.69) is 9.64 Å². The number of hydrogen-bond donors (Lipinski definition) is 1. The average Bonchev–Trinajstić information content (AvgIpc) is 3.50. The number of ether oxygens (including phenoxy) is 3. The Kier molecular flexibility index (Phi) is 10.3. The van der Waals surface area contributed by atoms with Gasteiger partial charge in [0.25, 0.3) is 5.91 Å². The number of carbonyl (C=O) groups is 2. The number of halogens is 4. The number of amides is 2. The van der Waals surface area contributed by atoms with Crippen LogP contribution in [0.15, 0.2) is 60.7 Å². The lowest BCUT2D eigenvalue weighted by Crippen LogP contribution is -2.50.